The zero-order valence-electron chi connectivity index (χ0n) is 13.2. The number of aromatic amines is 1. The van der Waals surface area contributed by atoms with Crippen molar-refractivity contribution in [3.05, 3.63) is 18.5 Å². The molecule has 0 radical (unpaired) electrons. The molecule has 1 aromatic rings. The second-order valence-corrected chi connectivity index (χ2v) is 7.56. The number of hydrogen-bond donors (Lipinski definition) is 3. The standard InChI is InChI=1S/C14H24N4O3S/c1-12(2)16-22(20,21)14-11-15-4-3-13(14)18-7-5-17(6-8-18)9-10-19/h3-4,11-12,16,19H,5-10H2,1-2H3/p+2. The lowest BCUT2D eigenvalue weighted by molar-refractivity contribution is -0.900. The summed E-state index contributed by atoms with van der Waals surface area (Å²) >= 11 is 0. The van der Waals surface area contributed by atoms with Gasteiger partial charge < -0.3 is 14.9 Å². The Bertz CT molecular complexity index is 584. The van der Waals surface area contributed by atoms with Crippen molar-refractivity contribution >= 4 is 15.7 Å². The lowest BCUT2D eigenvalue weighted by Gasteiger charge is -2.33. The summed E-state index contributed by atoms with van der Waals surface area (Å²) in [5, 5.41) is 9.01. The van der Waals surface area contributed by atoms with Crippen LogP contribution in [0.1, 0.15) is 13.8 Å². The van der Waals surface area contributed by atoms with Crippen LogP contribution in [0.2, 0.25) is 0 Å². The highest BCUT2D eigenvalue weighted by molar-refractivity contribution is 7.89. The van der Waals surface area contributed by atoms with Crippen LogP contribution < -0.4 is 19.5 Å². The number of sulfonamides is 1. The van der Waals surface area contributed by atoms with Crippen LogP contribution in [0.15, 0.2) is 23.4 Å². The molecule has 1 aliphatic heterocycles. The molecule has 0 atom stereocenters. The van der Waals surface area contributed by atoms with Gasteiger partial charge >= 0.3 is 0 Å². The molecule has 1 aromatic heterocycles. The maximum absolute atomic E-state index is 12.5. The average molecular weight is 330 g/mol. The Morgan fingerprint density at radius 1 is 1.41 bits per heavy atom. The number of H-pyrrole nitrogens is 1. The molecule has 0 spiro atoms. The lowest BCUT2D eigenvalue weighted by Crippen LogP contribution is -3.15. The van der Waals surface area contributed by atoms with E-state index in [0.29, 0.717) is 0 Å². The average Bonchev–Trinajstić information content (AvgIpc) is 2.47. The van der Waals surface area contributed by atoms with Gasteiger partial charge in [0.1, 0.15) is 6.54 Å². The van der Waals surface area contributed by atoms with Gasteiger partial charge in [-0.2, -0.15) is 0 Å². The number of nitrogens with zero attached hydrogens (tertiary/aromatic N) is 1. The van der Waals surface area contributed by atoms with Crippen LogP contribution in [0, 0.1) is 0 Å². The first kappa shape index (κ1) is 17.1. The number of piperazine rings is 1. The number of rotatable bonds is 6. The molecule has 1 fully saturated rings. The van der Waals surface area contributed by atoms with E-state index in [1.807, 2.05) is 6.07 Å². The van der Waals surface area contributed by atoms with E-state index in [9.17, 15) is 8.42 Å². The summed E-state index contributed by atoms with van der Waals surface area (Å²) in [4.78, 5) is 6.60. The van der Waals surface area contributed by atoms with Crippen LogP contribution in [0.3, 0.4) is 0 Å². The number of nitrogens with one attached hydrogen (secondary N) is 3. The number of aliphatic hydroxyl groups excluding tert-OH is 1. The van der Waals surface area contributed by atoms with Gasteiger partial charge in [0.15, 0.2) is 17.3 Å². The maximum atomic E-state index is 12.5. The van der Waals surface area contributed by atoms with Gasteiger partial charge in [0.25, 0.3) is 0 Å². The minimum atomic E-state index is -3.53. The monoisotopic (exact) mass is 330 g/mol. The van der Waals surface area contributed by atoms with Gasteiger partial charge in [0.05, 0.1) is 38.5 Å². The van der Waals surface area contributed by atoms with Crippen molar-refractivity contribution < 1.29 is 23.4 Å². The Hall–Kier alpha value is -1.22. The van der Waals surface area contributed by atoms with Gasteiger partial charge in [-0.05, 0) is 13.8 Å². The number of anilines is 1. The Labute approximate surface area is 132 Å². The molecule has 1 saturated heterocycles. The van der Waals surface area contributed by atoms with E-state index < -0.39 is 10.0 Å². The molecule has 124 valence electrons. The zero-order valence-corrected chi connectivity index (χ0v) is 14.0. The van der Waals surface area contributed by atoms with Crippen LogP contribution in [0.5, 0.6) is 0 Å². The highest BCUT2D eigenvalue weighted by Crippen LogP contribution is 2.23. The first-order chi connectivity index (χ1) is 10.4. The molecule has 0 aromatic carbocycles. The van der Waals surface area contributed by atoms with Crippen molar-refractivity contribution in [2.45, 2.75) is 24.8 Å². The molecule has 2 heterocycles. The van der Waals surface area contributed by atoms with Crippen molar-refractivity contribution in [2.75, 3.05) is 44.2 Å². The SMILES string of the molecule is CC(C)NS(=O)(=O)c1c[nH+]ccc1N1CC[NH+](CCO)CC1. The number of aliphatic hydroxyl groups is 1. The van der Waals surface area contributed by atoms with Crippen LogP contribution >= 0.6 is 0 Å². The fourth-order valence-electron chi connectivity index (χ4n) is 2.73. The summed E-state index contributed by atoms with van der Waals surface area (Å²) < 4.78 is 27.6. The predicted molar refractivity (Wildman–Crippen MR) is 83.3 cm³/mol. The number of hydrogen-bond acceptors (Lipinski definition) is 4. The molecule has 7 nitrogen and oxygen atoms in total. The molecular formula is C14H26N4O3S+2. The largest absolute Gasteiger partial charge is 0.391 e. The summed E-state index contributed by atoms with van der Waals surface area (Å²) in [6.45, 7) is 7.91. The van der Waals surface area contributed by atoms with Gasteiger partial charge in [0.2, 0.25) is 10.0 Å². The fraction of sp³-hybridized carbons (Fsp3) is 0.643. The second-order valence-electron chi connectivity index (χ2n) is 5.88. The van der Waals surface area contributed by atoms with E-state index in [-0.39, 0.29) is 17.5 Å². The molecule has 22 heavy (non-hydrogen) atoms. The molecule has 0 unspecified atom stereocenters. The molecule has 2 rings (SSSR count). The molecule has 0 saturated carbocycles. The van der Waals surface area contributed by atoms with Crippen molar-refractivity contribution in [3.8, 4) is 0 Å². The molecule has 4 N–H and O–H groups in total. The molecule has 1 aliphatic rings. The molecule has 8 heteroatoms. The minimum absolute atomic E-state index is 0.149. The van der Waals surface area contributed by atoms with Gasteiger partial charge in [0, 0.05) is 12.1 Å². The van der Waals surface area contributed by atoms with Crippen LogP contribution in [0.4, 0.5) is 5.69 Å². The second kappa shape index (κ2) is 7.36. The Balaban J connectivity index is 2.19. The van der Waals surface area contributed by atoms with Crippen LogP contribution in [-0.4, -0.2) is 58.9 Å². The summed E-state index contributed by atoms with van der Waals surface area (Å²) in [5.74, 6) is 0. The summed E-state index contributed by atoms with van der Waals surface area (Å²) in [5.41, 5.74) is 0.731. The van der Waals surface area contributed by atoms with Crippen molar-refractivity contribution in [3.63, 3.8) is 0 Å². The predicted octanol–water partition coefficient (Wildman–Crippen LogP) is -2.12. The summed E-state index contributed by atoms with van der Waals surface area (Å²) in [6, 6.07) is 1.66. The van der Waals surface area contributed by atoms with Gasteiger partial charge in [-0.1, -0.05) is 0 Å². The third-order valence-corrected chi connectivity index (χ3v) is 5.45. The topological polar surface area (TPSA) is 88.2 Å². The van der Waals surface area contributed by atoms with E-state index >= 15 is 0 Å². The van der Waals surface area contributed by atoms with E-state index in [4.69, 9.17) is 5.11 Å². The minimum Gasteiger partial charge on any atom is -0.391 e. The highest BCUT2D eigenvalue weighted by Gasteiger charge is 2.28. The third kappa shape index (κ3) is 4.16. The Morgan fingerprint density at radius 2 is 2.09 bits per heavy atom. The first-order valence-electron chi connectivity index (χ1n) is 7.66. The van der Waals surface area contributed by atoms with E-state index in [2.05, 4.69) is 14.6 Å². The van der Waals surface area contributed by atoms with Crippen molar-refractivity contribution in [2.24, 2.45) is 0 Å². The molecule has 0 aliphatic carbocycles. The van der Waals surface area contributed by atoms with Crippen LogP contribution in [0.25, 0.3) is 0 Å². The third-order valence-electron chi connectivity index (χ3n) is 3.76. The lowest BCUT2D eigenvalue weighted by atomic mass is 10.2. The van der Waals surface area contributed by atoms with E-state index in [1.165, 1.54) is 11.1 Å². The number of aromatic nitrogens is 1. The van der Waals surface area contributed by atoms with Crippen LogP contribution in [-0.2, 0) is 10.0 Å². The number of quaternary nitrogens is 1. The smallest absolute Gasteiger partial charge is 0.248 e. The molecule has 0 bridgehead atoms. The first-order valence-corrected chi connectivity index (χ1v) is 9.14. The normalized spacial score (nSPS) is 17.2. The quantitative estimate of drug-likeness (QED) is 0.557. The summed E-state index contributed by atoms with van der Waals surface area (Å²) in [7, 11) is -3.53. The van der Waals surface area contributed by atoms with Crippen molar-refractivity contribution in [1.29, 1.82) is 0 Å². The van der Waals surface area contributed by atoms with Gasteiger partial charge in [-0.15, -0.1) is 0 Å². The van der Waals surface area contributed by atoms with E-state index in [1.54, 1.807) is 20.0 Å². The van der Waals surface area contributed by atoms with E-state index in [0.717, 1.165) is 38.4 Å². The fourth-order valence-corrected chi connectivity index (χ4v) is 4.17. The number of pyridine rings is 1. The summed E-state index contributed by atoms with van der Waals surface area (Å²) in [6.07, 6.45) is 3.28. The maximum Gasteiger partial charge on any atom is 0.248 e. The Morgan fingerprint density at radius 3 is 2.68 bits per heavy atom. The highest BCUT2D eigenvalue weighted by atomic mass is 32.2. The Kier molecular flexibility index (Phi) is 5.74. The molecule has 0 amide bonds. The molecular weight excluding hydrogens is 304 g/mol. The zero-order chi connectivity index (χ0) is 16.2. The van der Waals surface area contributed by atoms with Gasteiger partial charge in [-0.3, -0.25) is 0 Å². The van der Waals surface area contributed by atoms with Crippen molar-refractivity contribution in [1.82, 2.24) is 4.72 Å². The van der Waals surface area contributed by atoms with Gasteiger partial charge in [-0.25, -0.2) is 18.1 Å².